The maximum Gasteiger partial charge on any atom is 0.407 e. The molecule has 48 heavy (non-hydrogen) atoms. The zero-order valence-electron chi connectivity index (χ0n) is 29.8. The summed E-state index contributed by atoms with van der Waals surface area (Å²) in [6, 6.07) is 17.5. The van der Waals surface area contributed by atoms with Gasteiger partial charge >= 0.3 is 6.09 Å². The molecule has 0 heterocycles. The Morgan fingerprint density at radius 3 is 1.90 bits per heavy atom. The van der Waals surface area contributed by atoms with Gasteiger partial charge in [0.2, 0.25) is 11.8 Å². The van der Waals surface area contributed by atoms with Crippen molar-refractivity contribution >= 4 is 17.9 Å². The highest BCUT2D eigenvalue weighted by atomic mass is 16.7. The van der Waals surface area contributed by atoms with Gasteiger partial charge in [-0.15, -0.1) is 0 Å². The first-order chi connectivity index (χ1) is 22.8. The summed E-state index contributed by atoms with van der Waals surface area (Å²) >= 11 is 0. The van der Waals surface area contributed by atoms with Crippen LogP contribution in [-0.4, -0.2) is 99.0 Å². The van der Waals surface area contributed by atoms with Gasteiger partial charge in [-0.05, 0) is 57.1 Å². The number of alkyl carbamates (subject to hydrolysis) is 1. The standard InChI is InChI=1S/C37H57N3O8/c1-27(2)22-30(25-33(41)40(6)18-19-46-26-47-21-20-45-7)35(43)38-31(23-28-14-10-8-11-15-28)34(42)32(24-29-16-12-9-13-17-29)39-36(44)48-37(3,4)5/h8-17,27,30-32,34,42H,18-26H2,1-7H3,(H,38,43)(H,39,44). The molecule has 0 aliphatic heterocycles. The summed E-state index contributed by atoms with van der Waals surface area (Å²) in [5, 5.41) is 17.9. The Balaban J connectivity index is 2.24. The van der Waals surface area contributed by atoms with Crippen molar-refractivity contribution in [3.63, 3.8) is 0 Å². The van der Waals surface area contributed by atoms with Gasteiger partial charge in [0.15, 0.2) is 0 Å². The third-order valence-corrected chi connectivity index (χ3v) is 7.59. The molecule has 2 aromatic carbocycles. The molecule has 0 aliphatic carbocycles. The molecule has 0 aromatic heterocycles. The monoisotopic (exact) mass is 671 g/mol. The van der Waals surface area contributed by atoms with E-state index >= 15 is 0 Å². The van der Waals surface area contributed by atoms with E-state index in [0.717, 1.165) is 11.1 Å². The van der Waals surface area contributed by atoms with Crippen LogP contribution in [0, 0.1) is 11.8 Å². The van der Waals surface area contributed by atoms with Gasteiger partial charge in [-0.2, -0.15) is 0 Å². The summed E-state index contributed by atoms with van der Waals surface area (Å²) in [4.78, 5) is 41.7. The number of nitrogens with one attached hydrogen (secondary N) is 2. The van der Waals surface area contributed by atoms with Crippen LogP contribution in [0.3, 0.4) is 0 Å². The van der Waals surface area contributed by atoms with Crippen molar-refractivity contribution in [2.75, 3.05) is 47.3 Å². The molecule has 268 valence electrons. The molecule has 0 saturated carbocycles. The van der Waals surface area contributed by atoms with Gasteiger partial charge in [-0.3, -0.25) is 9.59 Å². The summed E-state index contributed by atoms with van der Waals surface area (Å²) in [6.45, 7) is 10.9. The maximum atomic E-state index is 14.0. The molecule has 2 aromatic rings. The minimum atomic E-state index is -1.19. The van der Waals surface area contributed by atoms with E-state index in [0.29, 0.717) is 39.0 Å². The van der Waals surface area contributed by atoms with E-state index in [2.05, 4.69) is 10.6 Å². The van der Waals surface area contributed by atoms with Gasteiger partial charge in [0.1, 0.15) is 12.4 Å². The molecule has 0 radical (unpaired) electrons. The number of carbonyl (C=O) groups is 3. The molecule has 0 aliphatic rings. The Hall–Kier alpha value is -3.51. The second-order valence-electron chi connectivity index (χ2n) is 13.5. The third-order valence-electron chi connectivity index (χ3n) is 7.59. The normalized spacial score (nSPS) is 14.1. The van der Waals surface area contributed by atoms with Crippen molar-refractivity contribution in [2.45, 2.75) is 84.1 Å². The molecule has 0 bridgehead atoms. The summed E-state index contributed by atoms with van der Waals surface area (Å²) in [5.41, 5.74) is 1.07. The van der Waals surface area contributed by atoms with Gasteiger partial charge in [0.25, 0.3) is 0 Å². The Bertz CT molecular complexity index is 1210. The molecular weight excluding hydrogens is 614 g/mol. The van der Waals surface area contributed by atoms with Crippen molar-refractivity contribution in [3.05, 3.63) is 71.8 Å². The molecule has 2 rings (SSSR count). The average Bonchev–Trinajstić information content (AvgIpc) is 3.02. The zero-order chi connectivity index (χ0) is 35.5. The van der Waals surface area contributed by atoms with Crippen LogP contribution in [0.5, 0.6) is 0 Å². The topological polar surface area (TPSA) is 136 Å². The highest BCUT2D eigenvalue weighted by molar-refractivity contribution is 5.86. The lowest BCUT2D eigenvalue weighted by Gasteiger charge is -2.33. The zero-order valence-corrected chi connectivity index (χ0v) is 29.8. The number of carbonyl (C=O) groups excluding carboxylic acids is 3. The van der Waals surface area contributed by atoms with Crippen molar-refractivity contribution in [3.8, 4) is 0 Å². The highest BCUT2D eigenvalue weighted by Crippen LogP contribution is 2.20. The van der Waals surface area contributed by atoms with Gasteiger partial charge in [-0.1, -0.05) is 74.5 Å². The lowest BCUT2D eigenvalue weighted by molar-refractivity contribution is -0.137. The fourth-order valence-electron chi connectivity index (χ4n) is 5.15. The summed E-state index contributed by atoms with van der Waals surface area (Å²) < 4.78 is 21.2. The minimum absolute atomic E-state index is 0.00259. The molecule has 0 fully saturated rings. The Morgan fingerprint density at radius 1 is 0.833 bits per heavy atom. The van der Waals surface area contributed by atoms with Gasteiger partial charge in [0.05, 0.1) is 38.0 Å². The molecule has 4 unspecified atom stereocenters. The van der Waals surface area contributed by atoms with Gasteiger partial charge in [0, 0.05) is 33.0 Å². The van der Waals surface area contributed by atoms with Crippen molar-refractivity contribution in [2.24, 2.45) is 11.8 Å². The fourth-order valence-corrected chi connectivity index (χ4v) is 5.15. The smallest absolute Gasteiger partial charge is 0.407 e. The highest BCUT2D eigenvalue weighted by Gasteiger charge is 2.34. The van der Waals surface area contributed by atoms with Crippen LogP contribution in [-0.2, 0) is 41.4 Å². The van der Waals surface area contributed by atoms with Crippen molar-refractivity contribution in [1.29, 1.82) is 0 Å². The maximum absolute atomic E-state index is 14.0. The molecule has 3 amide bonds. The number of aliphatic hydroxyl groups excluding tert-OH is 1. The summed E-state index contributed by atoms with van der Waals surface area (Å²) in [7, 11) is 3.27. The van der Waals surface area contributed by atoms with Crippen LogP contribution < -0.4 is 10.6 Å². The van der Waals surface area contributed by atoms with Gasteiger partial charge < -0.3 is 39.6 Å². The molecule has 0 spiro atoms. The first-order valence-electron chi connectivity index (χ1n) is 16.7. The van der Waals surface area contributed by atoms with E-state index in [1.165, 1.54) is 0 Å². The first-order valence-corrected chi connectivity index (χ1v) is 16.7. The van der Waals surface area contributed by atoms with E-state index in [9.17, 15) is 19.5 Å². The quantitative estimate of drug-likeness (QED) is 0.132. The predicted molar refractivity (Wildman–Crippen MR) is 185 cm³/mol. The van der Waals surface area contributed by atoms with Crippen LogP contribution in [0.2, 0.25) is 0 Å². The molecule has 4 atom stereocenters. The number of ether oxygens (including phenoxy) is 4. The van der Waals surface area contributed by atoms with E-state index in [-0.39, 0.29) is 37.6 Å². The number of likely N-dealkylation sites (N-methyl/N-ethyl adjacent to an activating group) is 1. The van der Waals surface area contributed by atoms with E-state index in [4.69, 9.17) is 18.9 Å². The van der Waals surface area contributed by atoms with Crippen LogP contribution >= 0.6 is 0 Å². The molecule has 3 N–H and O–H groups in total. The molecule has 11 heteroatoms. The van der Waals surface area contributed by atoms with Crippen LogP contribution in [0.15, 0.2) is 60.7 Å². The summed E-state index contributed by atoms with van der Waals surface area (Å²) in [5.74, 6) is -1.00. The van der Waals surface area contributed by atoms with Crippen LogP contribution in [0.25, 0.3) is 0 Å². The number of benzene rings is 2. The predicted octanol–water partition coefficient (Wildman–Crippen LogP) is 4.36. The Kier molecular flexibility index (Phi) is 18.2. The van der Waals surface area contributed by atoms with E-state index in [1.54, 1.807) is 39.8 Å². The van der Waals surface area contributed by atoms with E-state index < -0.39 is 35.8 Å². The molecular formula is C37H57N3O8. The van der Waals surface area contributed by atoms with Crippen molar-refractivity contribution in [1.82, 2.24) is 15.5 Å². The number of rotatable bonds is 21. The number of hydrogen-bond acceptors (Lipinski definition) is 8. The summed E-state index contributed by atoms with van der Waals surface area (Å²) in [6.07, 6.45) is -0.760. The molecule has 11 nitrogen and oxygen atoms in total. The number of nitrogens with zero attached hydrogens (tertiary/aromatic N) is 1. The number of hydrogen-bond donors (Lipinski definition) is 3. The second kappa shape index (κ2) is 21.5. The SMILES string of the molecule is COCCOCOCCN(C)C(=O)CC(CC(C)C)C(=O)NC(Cc1ccccc1)C(O)C(Cc1ccccc1)NC(=O)OC(C)(C)C. The largest absolute Gasteiger partial charge is 0.444 e. The lowest BCUT2D eigenvalue weighted by atomic mass is 9.89. The third kappa shape index (κ3) is 16.5. The first kappa shape index (κ1) is 40.7. The number of amides is 3. The lowest BCUT2D eigenvalue weighted by Crippen LogP contribution is -2.57. The number of methoxy groups -OCH3 is 1. The van der Waals surface area contributed by atoms with Crippen LogP contribution in [0.1, 0.15) is 58.6 Å². The number of aliphatic hydroxyl groups is 1. The van der Waals surface area contributed by atoms with Crippen molar-refractivity contribution < 1.29 is 38.4 Å². The second-order valence-corrected chi connectivity index (χ2v) is 13.5. The minimum Gasteiger partial charge on any atom is -0.444 e. The fraction of sp³-hybridized carbons (Fsp3) is 0.595. The van der Waals surface area contributed by atoms with Gasteiger partial charge in [-0.25, -0.2) is 4.79 Å². The van der Waals surface area contributed by atoms with Crippen LogP contribution in [0.4, 0.5) is 4.79 Å². The Morgan fingerprint density at radius 2 is 1.38 bits per heavy atom. The Labute approximate surface area is 286 Å². The average molecular weight is 672 g/mol. The molecule has 0 saturated heterocycles. The van der Waals surface area contributed by atoms with E-state index in [1.807, 2.05) is 74.5 Å².